The number of ether oxygens (including phenoxy) is 1. The van der Waals surface area contributed by atoms with Crippen LogP contribution in [0.4, 0.5) is 5.82 Å². The van der Waals surface area contributed by atoms with Gasteiger partial charge in [-0.25, -0.2) is 9.97 Å². The lowest BCUT2D eigenvalue weighted by Crippen LogP contribution is -2.35. The van der Waals surface area contributed by atoms with E-state index in [1.165, 1.54) is 25.7 Å². The maximum Gasteiger partial charge on any atom is 0.158 e. The predicted octanol–water partition coefficient (Wildman–Crippen LogP) is 3.44. The minimum Gasteiger partial charge on any atom is -0.377 e. The van der Waals surface area contributed by atoms with Gasteiger partial charge in [-0.2, -0.15) is 0 Å². The minimum absolute atomic E-state index is 0.401. The van der Waals surface area contributed by atoms with E-state index in [2.05, 4.69) is 21.8 Å². The van der Waals surface area contributed by atoms with Gasteiger partial charge in [-0.15, -0.1) is 0 Å². The van der Waals surface area contributed by atoms with Gasteiger partial charge in [0.2, 0.25) is 0 Å². The van der Waals surface area contributed by atoms with E-state index in [1.807, 2.05) is 6.07 Å². The molecule has 1 aromatic rings. The Morgan fingerprint density at radius 3 is 2.95 bits per heavy atom. The van der Waals surface area contributed by atoms with Crippen molar-refractivity contribution >= 4 is 17.4 Å². The molecule has 0 N–H and O–H groups in total. The zero-order valence-corrected chi connectivity index (χ0v) is 12.5. The lowest BCUT2D eigenvalue weighted by atomic mass is 10.1. The van der Waals surface area contributed by atoms with E-state index in [9.17, 15) is 0 Å². The number of methoxy groups -OCH3 is 1. The minimum atomic E-state index is 0.401. The first-order chi connectivity index (χ1) is 9.24. The van der Waals surface area contributed by atoms with Crippen LogP contribution in [0.25, 0.3) is 0 Å². The number of aromatic nitrogens is 2. The molecule has 1 aromatic heterocycles. The maximum absolute atomic E-state index is 6.10. The molecule has 0 spiro atoms. The summed E-state index contributed by atoms with van der Waals surface area (Å²) < 4.78 is 5.10. The lowest BCUT2D eigenvalue weighted by molar-refractivity contribution is 0.178. The molecule has 1 unspecified atom stereocenters. The Morgan fingerprint density at radius 1 is 1.37 bits per heavy atom. The highest BCUT2D eigenvalue weighted by Crippen LogP contribution is 2.26. The Morgan fingerprint density at radius 2 is 2.21 bits per heavy atom. The molecule has 0 radical (unpaired) electrons. The third kappa shape index (κ3) is 3.80. The van der Waals surface area contributed by atoms with Gasteiger partial charge >= 0.3 is 0 Å². The fourth-order valence-corrected chi connectivity index (χ4v) is 2.89. The average molecular weight is 284 g/mol. The van der Waals surface area contributed by atoms with Crippen molar-refractivity contribution < 1.29 is 4.74 Å². The smallest absolute Gasteiger partial charge is 0.158 e. The molecule has 5 heteroatoms. The largest absolute Gasteiger partial charge is 0.377 e. The third-order valence-corrected chi connectivity index (χ3v) is 3.84. The van der Waals surface area contributed by atoms with Crippen molar-refractivity contribution in [1.82, 2.24) is 9.97 Å². The molecule has 1 aliphatic rings. The second-order valence-corrected chi connectivity index (χ2v) is 5.39. The van der Waals surface area contributed by atoms with Crippen LogP contribution in [0.15, 0.2) is 6.07 Å². The molecule has 106 valence electrons. The van der Waals surface area contributed by atoms with Crippen LogP contribution < -0.4 is 4.90 Å². The van der Waals surface area contributed by atoms with Crippen molar-refractivity contribution in [2.75, 3.05) is 18.6 Å². The van der Waals surface area contributed by atoms with Crippen molar-refractivity contribution in [3.63, 3.8) is 0 Å². The Bertz CT molecular complexity index is 414. The Labute approximate surface area is 120 Å². The summed E-state index contributed by atoms with van der Waals surface area (Å²) in [6.45, 7) is 3.69. The molecule has 4 nitrogen and oxygen atoms in total. The van der Waals surface area contributed by atoms with Crippen LogP contribution in [0, 0.1) is 0 Å². The summed E-state index contributed by atoms with van der Waals surface area (Å²) in [6.07, 6.45) is 6.20. The van der Waals surface area contributed by atoms with Gasteiger partial charge in [0, 0.05) is 25.8 Å². The van der Waals surface area contributed by atoms with Crippen LogP contribution in [0.1, 0.15) is 44.9 Å². The normalized spacial score (nSPS) is 20.4. The maximum atomic E-state index is 6.10. The molecule has 1 fully saturated rings. The molecule has 0 saturated carbocycles. The Kier molecular flexibility index (Phi) is 5.40. The van der Waals surface area contributed by atoms with Crippen LogP contribution in [0.5, 0.6) is 0 Å². The summed E-state index contributed by atoms with van der Waals surface area (Å²) in [7, 11) is 1.64. The topological polar surface area (TPSA) is 38.2 Å². The van der Waals surface area contributed by atoms with Crippen molar-refractivity contribution in [3.05, 3.63) is 17.0 Å². The van der Waals surface area contributed by atoms with E-state index in [1.54, 1.807) is 7.11 Å². The number of anilines is 1. The Hall–Kier alpha value is -0.870. The fraction of sp³-hybridized carbons (Fsp3) is 0.714. The first-order valence-electron chi connectivity index (χ1n) is 7.03. The molecule has 0 aliphatic carbocycles. The summed E-state index contributed by atoms with van der Waals surface area (Å²) in [6, 6.07) is 2.43. The van der Waals surface area contributed by atoms with Crippen LogP contribution >= 0.6 is 11.6 Å². The highest BCUT2D eigenvalue weighted by atomic mass is 35.5. The number of halogens is 1. The summed E-state index contributed by atoms with van der Waals surface area (Å²) in [5.74, 6) is 1.60. The molecule has 2 heterocycles. The lowest BCUT2D eigenvalue weighted by Gasteiger charge is -2.30. The van der Waals surface area contributed by atoms with E-state index in [0.717, 1.165) is 18.8 Å². The van der Waals surface area contributed by atoms with Gasteiger partial charge in [-0.05, 0) is 19.3 Å². The van der Waals surface area contributed by atoms with Crippen molar-refractivity contribution in [2.24, 2.45) is 0 Å². The van der Waals surface area contributed by atoms with Crippen molar-refractivity contribution in [2.45, 2.75) is 51.7 Å². The second-order valence-electron chi connectivity index (χ2n) is 5.00. The molecule has 0 aromatic carbocycles. The van der Waals surface area contributed by atoms with E-state index < -0.39 is 0 Å². The summed E-state index contributed by atoms with van der Waals surface area (Å²) in [5, 5.41) is 0.496. The number of nitrogens with zero attached hydrogens (tertiary/aromatic N) is 3. The van der Waals surface area contributed by atoms with E-state index >= 15 is 0 Å². The van der Waals surface area contributed by atoms with Gasteiger partial charge in [0.1, 0.15) is 17.6 Å². The zero-order valence-electron chi connectivity index (χ0n) is 11.7. The van der Waals surface area contributed by atoms with Gasteiger partial charge in [0.25, 0.3) is 0 Å². The summed E-state index contributed by atoms with van der Waals surface area (Å²) in [4.78, 5) is 11.2. The number of rotatable bonds is 4. The second kappa shape index (κ2) is 7.06. The van der Waals surface area contributed by atoms with Crippen LogP contribution in [0.2, 0.25) is 5.15 Å². The molecule has 19 heavy (non-hydrogen) atoms. The van der Waals surface area contributed by atoms with Gasteiger partial charge in [0.05, 0.1) is 0 Å². The molecule has 1 saturated heterocycles. The van der Waals surface area contributed by atoms with E-state index in [-0.39, 0.29) is 0 Å². The molecular weight excluding hydrogens is 262 g/mol. The van der Waals surface area contributed by atoms with Gasteiger partial charge in [0.15, 0.2) is 5.82 Å². The summed E-state index contributed by atoms with van der Waals surface area (Å²) in [5.41, 5.74) is 0. The molecule has 1 atom stereocenters. The molecule has 0 amide bonds. The van der Waals surface area contributed by atoms with E-state index in [0.29, 0.717) is 23.6 Å². The first-order valence-corrected chi connectivity index (χ1v) is 7.41. The van der Waals surface area contributed by atoms with Crippen molar-refractivity contribution in [1.29, 1.82) is 0 Å². The zero-order chi connectivity index (χ0) is 13.7. The summed E-state index contributed by atoms with van der Waals surface area (Å²) >= 11 is 6.10. The van der Waals surface area contributed by atoms with Gasteiger partial charge < -0.3 is 9.64 Å². The van der Waals surface area contributed by atoms with Crippen molar-refractivity contribution in [3.8, 4) is 0 Å². The standard InChI is InChI=1S/C14H22ClN3O/c1-3-11-7-5-4-6-8-18(11)14-9-12(15)16-13(17-14)10-19-2/h9,11H,3-8,10H2,1-2H3. The Balaban J connectivity index is 2.26. The van der Waals surface area contributed by atoms with Crippen LogP contribution in [0.3, 0.4) is 0 Å². The SMILES string of the molecule is CCC1CCCCCN1c1cc(Cl)nc(COC)n1. The molecule has 0 bridgehead atoms. The number of hydrogen-bond donors (Lipinski definition) is 0. The highest BCUT2D eigenvalue weighted by molar-refractivity contribution is 6.29. The predicted molar refractivity (Wildman–Crippen MR) is 77.6 cm³/mol. The van der Waals surface area contributed by atoms with E-state index in [4.69, 9.17) is 16.3 Å². The molecule has 1 aliphatic heterocycles. The van der Waals surface area contributed by atoms with Gasteiger partial charge in [-0.1, -0.05) is 31.4 Å². The quantitative estimate of drug-likeness (QED) is 0.794. The monoisotopic (exact) mass is 283 g/mol. The highest BCUT2D eigenvalue weighted by Gasteiger charge is 2.21. The fourth-order valence-electron chi connectivity index (χ4n) is 2.70. The number of hydrogen-bond acceptors (Lipinski definition) is 4. The molecule has 2 rings (SSSR count). The van der Waals surface area contributed by atoms with Gasteiger partial charge in [-0.3, -0.25) is 0 Å². The molecular formula is C14H22ClN3O. The average Bonchev–Trinajstić information content (AvgIpc) is 2.63. The third-order valence-electron chi connectivity index (χ3n) is 3.64. The van der Waals surface area contributed by atoms with Crippen LogP contribution in [-0.2, 0) is 11.3 Å². The van der Waals surface area contributed by atoms with Crippen LogP contribution in [-0.4, -0.2) is 29.7 Å². The first kappa shape index (κ1) is 14.5.